The molecule has 0 saturated carbocycles. The molecular formula is C10H23N3. The molecule has 0 bridgehead atoms. The lowest BCUT2D eigenvalue weighted by atomic mass is 10.2. The quantitative estimate of drug-likeness (QED) is 0.469. The summed E-state index contributed by atoms with van der Waals surface area (Å²) < 4.78 is 0. The normalized spacial score (nSPS) is 13.2. The zero-order valence-corrected chi connectivity index (χ0v) is 9.14. The fraction of sp³-hybridized carbons (Fsp3) is 0.900. The lowest BCUT2D eigenvalue weighted by Crippen LogP contribution is -2.33. The third kappa shape index (κ3) is 5.64. The molecule has 0 heterocycles. The van der Waals surface area contributed by atoms with Crippen LogP contribution in [0.3, 0.4) is 0 Å². The molecule has 0 aromatic carbocycles. The van der Waals surface area contributed by atoms with Gasteiger partial charge in [-0.1, -0.05) is 13.8 Å². The molecule has 0 radical (unpaired) electrons. The Morgan fingerprint density at radius 1 is 1.46 bits per heavy atom. The first-order chi connectivity index (χ1) is 6.11. The number of amidine groups is 1. The molecule has 0 aromatic heterocycles. The number of hydrogen-bond donors (Lipinski definition) is 2. The maximum absolute atomic E-state index is 7.11. The van der Waals surface area contributed by atoms with Crippen molar-refractivity contribution in [3.8, 4) is 0 Å². The fourth-order valence-electron chi connectivity index (χ4n) is 1.42. The van der Waals surface area contributed by atoms with Crippen molar-refractivity contribution in [3.63, 3.8) is 0 Å². The van der Waals surface area contributed by atoms with Crippen molar-refractivity contribution >= 4 is 5.84 Å². The lowest BCUT2D eigenvalue weighted by molar-refractivity contribution is 0.213. The van der Waals surface area contributed by atoms with E-state index in [-0.39, 0.29) is 0 Å². The molecule has 3 nitrogen and oxygen atoms in total. The van der Waals surface area contributed by atoms with Crippen LogP contribution in [-0.4, -0.2) is 29.9 Å². The van der Waals surface area contributed by atoms with Crippen LogP contribution in [0.4, 0.5) is 0 Å². The third-order valence-electron chi connectivity index (χ3n) is 2.51. The first-order valence-corrected chi connectivity index (χ1v) is 5.18. The molecule has 0 aliphatic heterocycles. The molecular weight excluding hydrogens is 162 g/mol. The summed E-state index contributed by atoms with van der Waals surface area (Å²) in [5, 5.41) is 7.11. The third-order valence-corrected chi connectivity index (χ3v) is 2.51. The van der Waals surface area contributed by atoms with Crippen LogP contribution in [-0.2, 0) is 0 Å². The van der Waals surface area contributed by atoms with E-state index in [1.165, 1.54) is 6.42 Å². The molecule has 3 heteroatoms. The van der Waals surface area contributed by atoms with Crippen LogP contribution in [0.15, 0.2) is 0 Å². The van der Waals surface area contributed by atoms with Gasteiger partial charge in [0.05, 0.1) is 5.84 Å². The Labute approximate surface area is 81.8 Å². The molecule has 0 aliphatic rings. The van der Waals surface area contributed by atoms with Crippen LogP contribution in [0.5, 0.6) is 0 Å². The van der Waals surface area contributed by atoms with Gasteiger partial charge in [-0.15, -0.1) is 0 Å². The maximum atomic E-state index is 7.11. The van der Waals surface area contributed by atoms with Gasteiger partial charge < -0.3 is 10.6 Å². The minimum absolute atomic E-state index is 0.306. The van der Waals surface area contributed by atoms with Crippen LogP contribution in [0.2, 0.25) is 0 Å². The number of nitrogens with zero attached hydrogens (tertiary/aromatic N) is 1. The Morgan fingerprint density at radius 3 is 2.46 bits per heavy atom. The molecule has 0 rings (SSSR count). The average Bonchev–Trinajstić information content (AvgIpc) is 2.11. The van der Waals surface area contributed by atoms with Gasteiger partial charge >= 0.3 is 0 Å². The summed E-state index contributed by atoms with van der Waals surface area (Å²) in [6, 6.07) is 0.650. The van der Waals surface area contributed by atoms with Gasteiger partial charge in [-0.25, -0.2) is 0 Å². The number of rotatable bonds is 7. The van der Waals surface area contributed by atoms with E-state index in [9.17, 15) is 0 Å². The minimum atomic E-state index is 0.306. The molecule has 3 N–H and O–H groups in total. The summed E-state index contributed by atoms with van der Waals surface area (Å²) in [6.45, 7) is 8.79. The summed E-state index contributed by atoms with van der Waals surface area (Å²) in [5.41, 5.74) is 5.29. The van der Waals surface area contributed by atoms with Gasteiger partial charge in [-0.05, 0) is 32.9 Å². The molecule has 78 valence electrons. The number of nitrogens with one attached hydrogen (secondary N) is 1. The van der Waals surface area contributed by atoms with Gasteiger partial charge in [0.25, 0.3) is 0 Å². The summed E-state index contributed by atoms with van der Waals surface area (Å²) in [6.07, 6.45) is 2.92. The van der Waals surface area contributed by atoms with Crippen LogP contribution in [0.1, 0.15) is 40.0 Å². The van der Waals surface area contributed by atoms with Crippen LogP contribution in [0.25, 0.3) is 0 Å². The zero-order valence-electron chi connectivity index (χ0n) is 9.14. The summed E-state index contributed by atoms with van der Waals surface area (Å²) >= 11 is 0. The van der Waals surface area contributed by atoms with Crippen molar-refractivity contribution in [1.82, 2.24) is 4.90 Å². The highest BCUT2D eigenvalue weighted by Crippen LogP contribution is 2.04. The van der Waals surface area contributed by atoms with Crippen molar-refractivity contribution in [3.05, 3.63) is 0 Å². The lowest BCUT2D eigenvalue weighted by Gasteiger charge is -2.26. The monoisotopic (exact) mass is 185 g/mol. The zero-order chi connectivity index (χ0) is 10.3. The summed E-state index contributed by atoms with van der Waals surface area (Å²) in [7, 11) is 0. The smallest absolute Gasteiger partial charge is 0.0905 e. The van der Waals surface area contributed by atoms with E-state index in [1.807, 2.05) is 0 Å². The summed E-state index contributed by atoms with van der Waals surface area (Å²) in [5.74, 6) is 0.306. The first-order valence-electron chi connectivity index (χ1n) is 5.18. The van der Waals surface area contributed by atoms with Gasteiger partial charge in [0.15, 0.2) is 0 Å². The fourth-order valence-corrected chi connectivity index (χ4v) is 1.42. The van der Waals surface area contributed by atoms with Gasteiger partial charge in [-0.2, -0.15) is 0 Å². The van der Waals surface area contributed by atoms with Crippen molar-refractivity contribution in [2.24, 2.45) is 5.73 Å². The van der Waals surface area contributed by atoms with E-state index in [0.29, 0.717) is 11.9 Å². The number of hydrogen-bond acceptors (Lipinski definition) is 2. The predicted molar refractivity (Wildman–Crippen MR) is 58.1 cm³/mol. The second kappa shape index (κ2) is 6.89. The van der Waals surface area contributed by atoms with Crippen LogP contribution < -0.4 is 5.73 Å². The molecule has 0 amide bonds. The molecule has 1 atom stereocenters. The average molecular weight is 185 g/mol. The molecule has 13 heavy (non-hydrogen) atoms. The van der Waals surface area contributed by atoms with Crippen molar-refractivity contribution in [1.29, 1.82) is 5.41 Å². The first kappa shape index (κ1) is 12.4. The Bertz CT molecular complexity index is 145. The van der Waals surface area contributed by atoms with Gasteiger partial charge in [0.1, 0.15) is 0 Å². The van der Waals surface area contributed by atoms with E-state index >= 15 is 0 Å². The maximum Gasteiger partial charge on any atom is 0.0905 e. The minimum Gasteiger partial charge on any atom is -0.388 e. The Balaban J connectivity index is 3.65. The molecule has 0 aliphatic carbocycles. The topological polar surface area (TPSA) is 53.1 Å². The SMILES string of the molecule is CCC(C)N(CC)CCCC(=N)N. The highest BCUT2D eigenvalue weighted by atomic mass is 15.1. The van der Waals surface area contributed by atoms with E-state index in [4.69, 9.17) is 11.1 Å². The highest BCUT2D eigenvalue weighted by molar-refractivity contribution is 5.76. The number of nitrogens with two attached hydrogens (primary N) is 1. The molecule has 1 unspecified atom stereocenters. The van der Waals surface area contributed by atoms with Crippen LogP contribution in [0, 0.1) is 5.41 Å². The summed E-state index contributed by atoms with van der Waals surface area (Å²) in [4.78, 5) is 2.43. The Hall–Kier alpha value is -0.570. The standard InChI is InChI=1S/C10H23N3/c1-4-9(3)13(5-2)8-6-7-10(11)12/h9H,4-8H2,1-3H3,(H3,11,12). The van der Waals surface area contributed by atoms with Crippen LogP contribution >= 0.6 is 0 Å². The van der Waals surface area contributed by atoms with Gasteiger partial charge in [0.2, 0.25) is 0 Å². The van der Waals surface area contributed by atoms with E-state index in [1.54, 1.807) is 0 Å². The van der Waals surface area contributed by atoms with Crippen molar-refractivity contribution in [2.75, 3.05) is 13.1 Å². The van der Waals surface area contributed by atoms with E-state index in [0.717, 1.165) is 25.9 Å². The van der Waals surface area contributed by atoms with Crippen molar-refractivity contribution in [2.45, 2.75) is 46.1 Å². The van der Waals surface area contributed by atoms with Gasteiger partial charge in [-0.3, -0.25) is 5.41 Å². The Kier molecular flexibility index (Phi) is 6.59. The molecule has 0 aromatic rings. The molecule has 0 spiro atoms. The second-order valence-electron chi connectivity index (χ2n) is 3.51. The predicted octanol–water partition coefficient (Wildman–Crippen LogP) is 1.82. The van der Waals surface area contributed by atoms with Gasteiger partial charge in [0, 0.05) is 12.5 Å². The molecule has 0 fully saturated rings. The van der Waals surface area contributed by atoms with E-state index < -0.39 is 0 Å². The van der Waals surface area contributed by atoms with E-state index in [2.05, 4.69) is 25.7 Å². The Morgan fingerprint density at radius 2 is 2.08 bits per heavy atom. The largest absolute Gasteiger partial charge is 0.388 e. The highest BCUT2D eigenvalue weighted by Gasteiger charge is 2.08. The second-order valence-corrected chi connectivity index (χ2v) is 3.51. The molecule has 0 saturated heterocycles. The van der Waals surface area contributed by atoms with Crippen molar-refractivity contribution < 1.29 is 0 Å².